The molecule has 2 nitrogen and oxygen atoms in total. The van der Waals surface area contributed by atoms with Crippen LogP contribution >= 0.6 is 15.9 Å². The van der Waals surface area contributed by atoms with Crippen LogP contribution in [0.15, 0.2) is 10.5 Å². The molecule has 0 atom stereocenters. The summed E-state index contributed by atoms with van der Waals surface area (Å²) >= 11 is 3.59. The van der Waals surface area contributed by atoms with Crippen molar-refractivity contribution in [2.24, 2.45) is 0 Å². The number of carbonyl (C=O) groups excluding carboxylic acids is 1. The Kier molecular flexibility index (Phi) is 4.81. The lowest BCUT2D eigenvalue weighted by molar-refractivity contribution is -0.107. The van der Waals surface area contributed by atoms with Crippen molar-refractivity contribution in [2.75, 3.05) is 7.11 Å². The zero-order chi connectivity index (χ0) is 13.0. The number of hydrogen-bond acceptors (Lipinski definition) is 2. The smallest absolute Gasteiger partial charge is 0.136 e. The summed E-state index contributed by atoms with van der Waals surface area (Å²) in [4.78, 5) is 10.6. The van der Waals surface area contributed by atoms with Crippen molar-refractivity contribution in [3.8, 4) is 5.75 Å². The fraction of sp³-hybridized carbons (Fsp3) is 0.533. The van der Waals surface area contributed by atoms with Gasteiger partial charge in [-0.2, -0.15) is 0 Å². The Morgan fingerprint density at radius 2 is 2.11 bits per heavy atom. The van der Waals surface area contributed by atoms with Gasteiger partial charge in [0.15, 0.2) is 0 Å². The van der Waals surface area contributed by atoms with E-state index in [0.717, 1.165) is 35.8 Å². The molecular weight excluding hydrogens is 292 g/mol. The lowest BCUT2D eigenvalue weighted by Gasteiger charge is -2.17. The third kappa shape index (κ3) is 2.77. The van der Waals surface area contributed by atoms with Crippen LogP contribution in [0.2, 0.25) is 0 Å². The predicted molar refractivity (Wildman–Crippen MR) is 76.3 cm³/mol. The number of fused-ring (bicyclic) bond motifs is 1. The van der Waals surface area contributed by atoms with Crippen molar-refractivity contribution in [2.45, 2.75) is 44.9 Å². The molecule has 1 aromatic rings. The highest BCUT2D eigenvalue weighted by Crippen LogP contribution is 2.37. The molecule has 1 aliphatic carbocycles. The molecule has 0 radical (unpaired) electrons. The van der Waals surface area contributed by atoms with E-state index in [-0.39, 0.29) is 0 Å². The number of hydrogen-bond donors (Lipinski definition) is 0. The van der Waals surface area contributed by atoms with Crippen molar-refractivity contribution in [3.05, 3.63) is 27.2 Å². The molecule has 0 amide bonds. The topological polar surface area (TPSA) is 26.3 Å². The predicted octanol–water partition coefficient (Wildman–Crippen LogP) is 3.86. The van der Waals surface area contributed by atoms with E-state index in [1.165, 1.54) is 36.0 Å². The van der Waals surface area contributed by atoms with Gasteiger partial charge in [0.05, 0.1) is 11.6 Å². The van der Waals surface area contributed by atoms with E-state index in [4.69, 9.17) is 4.74 Å². The van der Waals surface area contributed by atoms with Gasteiger partial charge in [0.25, 0.3) is 0 Å². The second-order valence-electron chi connectivity index (χ2n) is 4.77. The highest BCUT2D eigenvalue weighted by atomic mass is 79.9. The molecule has 0 heterocycles. The minimum absolute atomic E-state index is 0.569. The maximum Gasteiger partial charge on any atom is 0.136 e. The Balaban J connectivity index is 2.49. The van der Waals surface area contributed by atoms with Gasteiger partial charge in [-0.15, -0.1) is 0 Å². The maximum atomic E-state index is 10.6. The molecule has 0 fully saturated rings. The lowest BCUT2D eigenvalue weighted by atomic mass is 9.93. The monoisotopic (exact) mass is 310 g/mol. The third-order valence-corrected chi connectivity index (χ3v) is 4.22. The van der Waals surface area contributed by atoms with Gasteiger partial charge in [-0.1, -0.05) is 6.42 Å². The summed E-state index contributed by atoms with van der Waals surface area (Å²) in [6.45, 7) is 0. The van der Waals surface area contributed by atoms with Gasteiger partial charge in [-0.3, -0.25) is 0 Å². The van der Waals surface area contributed by atoms with E-state index >= 15 is 0 Å². The second kappa shape index (κ2) is 6.37. The summed E-state index contributed by atoms with van der Waals surface area (Å²) in [7, 11) is 1.70. The van der Waals surface area contributed by atoms with Gasteiger partial charge < -0.3 is 9.53 Å². The SMILES string of the molecule is COc1c(Br)cc2c(c1CCC=O)CCCCC2. The van der Waals surface area contributed by atoms with Gasteiger partial charge >= 0.3 is 0 Å². The summed E-state index contributed by atoms with van der Waals surface area (Å²) < 4.78 is 6.54. The number of rotatable bonds is 4. The van der Waals surface area contributed by atoms with E-state index in [1.807, 2.05) is 0 Å². The minimum atomic E-state index is 0.569. The molecule has 0 bridgehead atoms. The third-order valence-electron chi connectivity index (χ3n) is 3.63. The summed E-state index contributed by atoms with van der Waals surface area (Å²) in [5.74, 6) is 0.914. The quantitative estimate of drug-likeness (QED) is 0.623. The van der Waals surface area contributed by atoms with Crippen molar-refractivity contribution >= 4 is 22.2 Å². The largest absolute Gasteiger partial charge is 0.495 e. The van der Waals surface area contributed by atoms with Crippen LogP contribution in [0.5, 0.6) is 5.75 Å². The molecule has 0 unspecified atom stereocenters. The van der Waals surface area contributed by atoms with Crippen LogP contribution in [0.3, 0.4) is 0 Å². The first-order chi connectivity index (χ1) is 8.77. The highest BCUT2D eigenvalue weighted by molar-refractivity contribution is 9.10. The maximum absolute atomic E-state index is 10.6. The van der Waals surface area contributed by atoms with Gasteiger partial charge in [0.2, 0.25) is 0 Å². The van der Waals surface area contributed by atoms with E-state index in [9.17, 15) is 4.79 Å². The number of methoxy groups -OCH3 is 1. The number of benzene rings is 1. The molecule has 2 rings (SSSR count). The molecule has 0 aliphatic heterocycles. The van der Waals surface area contributed by atoms with Crippen LogP contribution in [0.1, 0.15) is 42.4 Å². The van der Waals surface area contributed by atoms with Crippen molar-refractivity contribution in [1.29, 1.82) is 0 Å². The summed E-state index contributed by atoms with van der Waals surface area (Å²) in [6, 6.07) is 2.20. The van der Waals surface area contributed by atoms with E-state index in [0.29, 0.717) is 6.42 Å². The van der Waals surface area contributed by atoms with Gasteiger partial charge in [0.1, 0.15) is 12.0 Å². The molecule has 1 aliphatic rings. The number of aryl methyl sites for hydroxylation is 1. The van der Waals surface area contributed by atoms with E-state index in [2.05, 4.69) is 22.0 Å². The first-order valence-corrected chi connectivity index (χ1v) is 7.38. The van der Waals surface area contributed by atoms with Crippen LogP contribution in [0, 0.1) is 0 Å². The zero-order valence-corrected chi connectivity index (χ0v) is 12.4. The molecule has 3 heteroatoms. The number of aldehydes is 1. The minimum Gasteiger partial charge on any atom is -0.495 e. The standard InChI is InChI=1S/C15H19BrO2/c1-18-15-13(8-5-9-17)12-7-4-2-3-6-11(12)10-14(15)16/h9-10H,2-8H2,1H3. The van der Waals surface area contributed by atoms with Crippen LogP contribution < -0.4 is 4.74 Å². The molecule has 1 aromatic carbocycles. The van der Waals surface area contributed by atoms with E-state index < -0.39 is 0 Å². The Morgan fingerprint density at radius 1 is 1.33 bits per heavy atom. The van der Waals surface area contributed by atoms with Crippen molar-refractivity contribution in [1.82, 2.24) is 0 Å². The molecule has 0 saturated heterocycles. The Hall–Kier alpha value is -0.830. The second-order valence-corrected chi connectivity index (χ2v) is 5.63. The van der Waals surface area contributed by atoms with Crippen LogP contribution in [0.25, 0.3) is 0 Å². The molecule has 0 saturated carbocycles. The van der Waals surface area contributed by atoms with Crippen molar-refractivity contribution in [3.63, 3.8) is 0 Å². The van der Waals surface area contributed by atoms with E-state index in [1.54, 1.807) is 7.11 Å². The summed E-state index contributed by atoms with van der Waals surface area (Å²) in [5, 5.41) is 0. The molecule has 0 spiro atoms. The molecular formula is C15H19BrO2. The fourth-order valence-electron chi connectivity index (χ4n) is 2.80. The van der Waals surface area contributed by atoms with Crippen LogP contribution in [-0.2, 0) is 24.1 Å². The van der Waals surface area contributed by atoms with Gasteiger partial charge in [-0.05, 0) is 70.8 Å². The molecule has 98 valence electrons. The highest BCUT2D eigenvalue weighted by Gasteiger charge is 2.18. The number of ether oxygens (including phenoxy) is 1. The van der Waals surface area contributed by atoms with Crippen LogP contribution in [-0.4, -0.2) is 13.4 Å². The van der Waals surface area contributed by atoms with Gasteiger partial charge in [0, 0.05) is 6.42 Å². The normalized spacial score (nSPS) is 14.8. The average molecular weight is 311 g/mol. The zero-order valence-electron chi connectivity index (χ0n) is 10.8. The van der Waals surface area contributed by atoms with Crippen LogP contribution in [0.4, 0.5) is 0 Å². The Morgan fingerprint density at radius 3 is 2.83 bits per heavy atom. The Labute approximate surface area is 117 Å². The first-order valence-electron chi connectivity index (χ1n) is 6.58. The molecule has 18 heavy (non-hydrogen) atoms. The first kappa shape index (κ1) is 13.6. The molecule has 0 aromatic heterocycles. The number of halogens is 1. The van der Waals surface area contributed by atoms with Gasteiger partial charge in [-0.25, -0.2) is 0 Å². The molecule has 0 N–H and O–H groups in total. The average Bonchev–Trinajstić information content (AvgIpc) is 2.60. The number of carbonyl (C=O) groups is 1. The fourth-order valence-corrected chi connectivity index (χ4v) is 3.48. The summed E-state index contributed by atoms with van der Waals surface area (Å²) in [6.07, 6.45) is 8.41. The Bertz CT molecular complexity index is 441. The summed E-state index contributed by atoms with van der Waals surface area (Å²) in [5.41, 5.74) is 4.09. The van der Waals surface area contributed by atoms with Crippen molar-refractivity contribution < 1.29 is 9.53 Å². The lowest BCUT2D eigenvalue weighted by Crippen LogP contribution is -2.03.